The Morgan fingerprint density at radius 1 is 1.43 bits per heavy atom. The lowest BCUT2D eigenvalue weighted by Gasteiger charge is -2.17. The van der Waals surface area contributed by atoms with Crippen LogP contribution in [0.2, 0.25) is 0 Å². The number of nitrogens with one attached hydrogen (secondary N) is 1. The molecule has 0 bridgehead atoms. The molecule has 2 heterocycles. The van der Waals surface area contributed by atoms with Crippen molar-refractivity contribution in [2.45, 2.75) is 6.42 Å². The highest BCUT2D eigenvalue weighted by Crippen LogP contribution is 2.24. The SMILES string of the molecule is NC[C@@H]1CCN(C(=O)c2cc(=O)[nH]c3ccc(Br)cc23)C1. The summed E-state index contributed by atoms with van der Waals surface area (Å²) in [7, 11) is 0. The Kier molecular flexibility index (Phi) is 3.82. The summed E-state index contributed by atoms with van der Waals surface area (Å²) >= 11 is 3.41. The molecule has 0 saturated carbocycles. The van der Waals surface area contributed by atoms with Gasteiger partial charge in [0.25, 0.3) is 5.91 Å². The van der Waals surface area contributed by atoms with Crippen LogP contribution in [-0.2, 0) is 0 Å². The number of nitrogens with zero attached hydrogens (tertiary/aromatic N) is 1. The zero-order valence-electron chi connectivity index (χ0n) is 11.4. The van der Waals surface area contributed by atoms with Crippen LogP contribution < -0.4 is 11.3 Å². The number of carbonyl (C=O) groups excluding carboxylic acids is 1. The largest absolute Gasteiger partial charge is 0.338 e. The first kappa shape index (κ1) is 14.3. The van der Waals surface area contributed by atoms with Gasteiger partial charge in [-0.25, -0.2) is 0 Å². The van der Waals surface area contributed by atoms with E-state index in [4.69, 9.17) is 5.73 Å². The molecule has 110 valence electrons. The summed E-state index contributed by atoms with van der Waals surface area (Å²) < 4.78 is 0.873. The minimum atomic E-state index is -0.261. The average Bonchev–Trinajstić information content (AvgIpc) is 2.95. The molecule has 0 aliphatic carbocycles. The molecule has 1 aromatic heterocycles. The van der Waals surface area contributed by atoms with Gasteiger partial charge >= 0.3 is 0 Å². The fraction of sp³-hybridized carbons (Fsp3) is 0.333. The van der Waals surface area contributed by atoms with Crippen molar-refractivity contribution >= 4 is 32.7 Å². The number of halogens is 1. The summed E-state index contributed by atoms with van der Waals surface area (Å²) in [5, 5.41) is 0.755. The van der Waals surface area contributed by atoms with Gasteiger partial charge in [0.15, 0.2) is 0 Å². The van der Waals surface area contributed by atoms with E-state index in [-0.39, 0.29) is 11.5 Å². The molecule has 3 rings (SSSR count). The van der Waals surface area contributed by atoms with Crippen molar-refractivity contribution in [3.63, 3.8) is 0 Å². The fourth-order valence-corrected chi connectivity index (χ4v) is 3.14. The van der Waals surface area contributed by atoms with Crippen LogP contribution in [0.25, 0.3) is 10.9 Å². The van der Waals surface area contributed by atoms with Gasteiger partial charge in [0.1, 0.15) is 0 Å². The van der Waals surface area contributed by atoms with Crippen LogP contribution in [0.15, 0.2) is 33.5 Å². The highest BCUT2D eigenvalue weighted by molar-refractivity contribution is 9.10. The molecule has 1 saturated heterocycles. The van der Waals surface area contributed by atoms with Crippen molar-refractivity contribution < 1.29 is 4.79 Å². The van der Waals surface area contributed by atoms with Gasteiger partial charge in [0, 0.05) is 34.5 Å². The Morgan fingerprint density at radius 3 is 2.95 bits per heavy atom. The third-order valence-corrected chi connectivity index (χ3v) is 4.44. The van der Waals surface area contributed by atoms with Crippen molar-refractivity contribution in [3.8, 4) is 0 Å². The Hall–Kier alpha value is -1.66. The van der Waals surface area contributed by atoms with E-state index in [0.717, 1.165) is 16.3 Å². The second kappa shape index (κ2) is 5.61. The molecular formula is C15H16BrN3O2. The van der Waals surface area contributed by atoms with E-state index in [2.05, 4.69) is 20.9 Å². The third kappa shape index (κ3) is 2.73. The van der Waals surface area contributed by atoms with E-state index in [1.807, 2.05) is 12.1 Å². The van der Waals surface area contributed by atoms with Crippen LogP contribution >= 0.6 is 15.9 Å². The minimum Gasteiger partial charge on any atom is -0.338 e. The number of aromatic nitrogens is 1. The monoisotopic (exact) mass is 349 g/mol. The lowest BCUT2D eigenvalue weighted by Crippen LogP contribution is -2.30. The van der Waals surface area contributed by atoms with Crippen molar-refractivity contribution in [3.05, 3.63) is 44.7 Å². The van der Waals surface area contributed by atoms with Crippen LogP contribution in [0.4, 0.5) is 0 Å². The highest BCUT2D eigenvalue weighted by Gasteiger charge is 2.27. The molecular weight excluding hydrogens is 334 g/mol. The summed E-state index contributed by atoms with van der Waals surface area (Å²) in [6.45, 7) is 1.95. The number of hydrogen-bond acceptors (Lipinski definition) is 3. The minimum absolute atomic E-state index is 0.0971. The molecule has 1 aliphatic rings. The maximum Gasteiger partial charge on any atom is 0.254 e. The van der Waals surface area contributed by atoms with Crippen LogP contribution in [-0.4, -0.2) is 35.4 Å². The van der Waals surface area contributed by atoms with Gasteiger partial charge in [-0.15, -0.1) is 0 Å². The molecule has 21 heavy (non-hydrogen) atoms. The quantitative estimate of drug-likeness (QED) is 0.866. The number of hydrogen-bond donors (Lipinski definition) is 2. The zero-order valence-corrected chi connectivity index (χ0v) is 13.0. The molecule has 3 N–H and O–H groups in total. The number of carbonyl (C=O) groups is 1. The molecule has 1 amide bonds. The van der Waals surface area contributed by atoms with Gasteiger partial charge in [-0.2, -0.15) is 0 Å². The van der Waals surface area contributed by atoms with Gasteiger partial charge in [0.05, 0.1) is 5.56 Å². The van der Waals surface area contributed by atoms with Crippen molar-refractivity contribution in [1.29, 1.82) is 0 Å². The van der Waals surface area contributed by atoms with Crippen molar-refractivity contribution in [1.82, 2.24) is 9.88 Å². The van der Waals surface area contributed by atoms with E-state index in [0.29, 0.717) is 36.6 Å². The first-order valence-corrected chi connectivity index (χ1v) is 7.69. The first-order chi connectivity index (χ1) is 10.1. The Balaban J connectivity index is 2.05. The lowest BCUT2D eigenvalue weighted by atomic mass is 10.1. The van der Waals surface area contributed by atoms with E-state index >= 15 is 0 Å². The van der Waals surface area contributed by atoms with Crippen LogP contribution in [0, 0.1) is 5.92 Å². The second-order valence-corrected chi connectivity index (χ2v) is 6.29. The number of amides is 1. The summed E-state index contributed by atoms with van der Waals surface area (Å²) in [6, 6.07) is 6.87. The number of nitrogens with two attached hydrogens (primary N) is 1. The number of benzene rings is 1. The summed E-state index contributed by atoms with van der Waals surface area (Å²) in [6.07, 6.45) is 0.924. The summed E-state index contributed by atoms with van der Waals surface area (Å²) in [5.41, 5.74) is 6.53. The zero-order chi connectivity index (χ0) is 15.0. The molecule has 0 spiro atoms. The van der Waals surface area contributed by atoms with Gasteiger partial charge in [0.2, 0.25) is 5.56 Å². The average molecular weight is 350 g/mol. The Morgan fingerprint density at radius 2 is 2.24 bits per heavy atom. The number of fused-ring (bicyclic) bond motifs is 1. The fourth-order valence-electron chi connectivity index (χ4n) is 2.78. The number of aromatic amines is 1. The molecule has 5 nitrogen and oxygen atoms in total. The second-order valence-electron chi connectivity index (χ2n) is 5.38. The lowest BCUT2D eigenvalue weighted by molar-refractivity contribution is 0.0789. The van der Waals surface area contributed by atoms with E-state index in [9.17, 15) is 9.59 Å². The Bertz CT molecular complexity index is 756. The molecule has 1 fully saturated rings. The van der Waals surface area contributed by atoms with Crippen LogP contribution in [0.3, 0.4) is 0 Å². The molecule has 1 aromatic carbocycles. The third-order valence-electron chi connectivity index (χ3n) is 3.94. The van der Waals surface area contributed by atoms with E-state index in [1.165, 1.54) is 6.07 Å². The Labute approximate surface area is 130 Å². The molecule has 0 unspecified atom stereocenters. The topological polar surface area (TPSA) is 79.2 Å². The molecule has 2 aromatic rings. The van der Waals surface area contributed by atoms with Crippen LogP contribution in [0.5, 0.6) is 0 Å². The van der Waals surface area contributed by atoms with Crippen molar-refractivity contribution in [2.24, 2.45) is 11.7 Å². The number of H-pyrrole nitrogens is 1. The van der Waals surface area contributed by atoms with E-state index in [1.54, 1.807) is 11.0 Å². The number of pyridine rings is 1. The van der Waals surface area contributed by atoms with E-state index < -0.39 is 0 Å². The maximum absolute atomic E-state index is 12.7. The predicted octanol–water partition coefficient (Wildman–Crippen LogP) is 1.71. The molecule has 1 atom stereocenters. The van der Waals surface area contributed by atoms with Crippen molar-refractivity contribution in [2.75, 3.05) is 19.6 Å². The smallest absolute Gasteiger partial charge is 0.254 e. The highest BCUT2D eigenvalue weighted by atomic mass is 79.9. The molecule has 6 heteroatoms. The summed E-state index contributed by atoms with van der Waals surface area (Å²) in [4.78, 5) is 29.0. The normalized spacial score (nSPS) is 18.4. The van der Waals surface area contributed by atoms with Gasteiger partial charge in [-0.1, -0.05) is 15.9 Å². The van der Waals surface area contributed by atoms with Gasteiger partial charge < -0.3 is 15.6 Å². The van der Waals surface area contributed by atoms with Gasteiger partial charge in [-0.3, -0.25) is 9.59 Å². The van der Waals surface area contributed by atoms with Crippen LogP contribution in [0.1, 0.15) is 16.8 Å². The predicted molar refractivity (Wildman–Crippen MR) is 85.3 cm³/mol. The number of likely N-dealkylation sites (tertiary alicyclic amines) is 1. The number of rotatable bonds is 2. The standard InChI is InChI=1S/C15H16BrN3O2/c16-10-1-2-13-11(5-10)12(6-14(20)18-13)15(21)19-4-3-9(7-17)8-19/h1-2,5-6,9H,3-4,7-8,17H2,(H,18,20)/t9-/m0/s1. The summed E-state index contributed by atoms with van der Waals surface area (Å²) in [5.74, 6) is 0.258. The maximum atomic E-state index is 12.7. The molecule has 0 radical (unpaired) electrons. The van der Waals surface area contributed by atoms with Gasteiger partial charge in [-0.05, 0) is 37.1 Å². The molecule has 1 aliphatic heterocycles. The first-order valence-electron chi connectivity index (χ1n) is 6.90.